The van der Waals surface area contributed by atoms with Crippen molar-refractivity contribution in [3.63, 3.8) is 0 Å². The molecule has 0 radical (unpaired) electrons. The van der Waals surface area contributed by atoms with Crippen molar-refractivity contribution in [2.75, 3.05) is 4.90 Å². The number of benzene rings is 2. The number of carbonyl (C=O) groups excluding carboxylic acids is 2. The Hall–Kier alpha value is -2.54. The third-order valence-electron chi connectivity index (χ3n) is 4.05. The number of imide groups is 1. The predicted octanol–water partition coefficient (Wildman–Crippen LogP) is 2.88. The van der Waals surface area contributed by atoms with Crippen LogP contribution in [-0.4, -0.2) is 23.6 Å². The van der Waals surface area contributed by atoms with Crippen LogP contribution < -0.4 is 4.90 Å². The summed E-state index contributed by atoms with van der Waals surface area (Å²) in [5.74, 6) is -2.64. The summed E-state index contributed by atoms with van der Waals surface area (Å²) in [6, 6.07) is 12.8. The first-order chi connectivity index (χ1) is 11.6. The van der Waals surface area contributed by atoms with Gasteiger partial charge in [-0.05, 0) is 24.3 Å². The summed E-state index contributed by atoms with van der Waals surface area (Å²) in [5.41, 5.74) is 0.993. The van der Waals surface area contributed by atoms with Crippen LogP contribution in [0, 0.1) is 11.7 Å². The molecule has 2 heterocycles. The molecule has 0 spiro atoms. The molecule has 4 rings (SSSR count). The molecule has 2 unspecified atom stereocenters. The monoisotopic (exact) mass is 388 g/mol. The van der Waals surface area contributed by atoms with Gasteiger partial charge in [0.1, 0.15) is 17.4 Å². The van der Waals surface area contributed by atoms with Crippen LogP contribution in [0.1, 0.15) is 5.56 Å². The lowest BCUT2D eigenvalue weighted by molar-refractivity contribution is -0.126. The molecular formula is C17H10BrFN2O3. The number of fused-ring (bicyclic) bond motifs is 1. The molecule has 2 amide bonds. The van der Waals surface area contributed by atoms with Crippen molar-refractivity contribution in [3.8, 4) is 0 Å². The Bertz CT molecular complexity index is 882. The normalized spacial score (nSPS) is 22.4. The van der Waals surface area contributed by atoms with Crippen molar-refractivity contribution in [1.82, 2.24) is 0 Å². The number of anilines is 1. The Morgan fingerprint density at radius 3 is 2.46 bits per heavy atom. The van der Waals surface area contributed by atoms with Gasteiger partial charge < -0.3 is 4.84 Å². The Morgan fingerprint density at radius 1 is 1.04 bits per heavy atom. The Morgan fingerprint density at radius 2 is 1.75 bits per heavy atom. The van der Waals surface area contributed by atoms with Crippen LogP contribution in [0.2, 0.25) is 0 Å². The molecule has 2 aliphatic rings. The molecule has 1 fully saturated rings. The number of hydrogen-bond acceptors (Lipinski definition) is 4. The first-order valence-corrected chi connectivity index (χ1v) is 7.99. The fourth-order valence-electron chi connectivity index (χ4n) is 2.91. The molecule has 0 saturated carbocycles. The van der Waals surface area contributed by atoms with Crippen LogP contribution in [0.3, 0.4) is 0 Å². The maximum absolute atomic E-state index is 14.0. The van der Waals surface area contributed by atoms with Crippen LogP contribution in [0.4, 0.5) is 10.1 Å². The van der Waals surface area contributed by atoms with E-state index in [1.165, 1.54) is 18.2 Å². The summed E-state index contributed by atoms with van der Waals surface area (Å²) in [7, 11) is 0. The average Bonchev–Trinajstić information content (AvgIpc) is 3.11. The van der Waals surface area contributed by atoms with Crippen molar-refractivity contribution in [2.24, 2.45) is 11.1 Å². The van der Waals surface area contributed by atoms with Gasteiger partial charge in [0.25, 0.3) is 5.91 Å². The molecule has 0 bridgehead atoms. The molecule has 120 valence electrons. The number of amides is 2. The molecule has 2 aromatic rings. The van der Waals surface area contributed by atoms with Gasteiger partial charge in [0.05, 0.1) is 5.69 Å². The third kappa shape index (κ3) is 2.16. The zero-order valence-corrected chi connectivity index (χ0v) is 13.7. The van der Waals surface area contributed by atoms with Crippen LogP contribution in [-0.2, 0) is 14.4 Å². The number of nitrogens with zero attached hydrogens (tertiary/aromatic N) is 2. The lowest BCUT2D eigenvalue weighted by Crippen LogP contribution is -2.33. The average molecular weight is 389 g/mol. The first-order valence-electron chi connectivity index (χ1n) is 7.20. The SMILES string of the molecule is O=C1C2ON=C(c3ccc(Br)cc3)C2C(=O)N1c1ccccc1F. The van der Waals surface area contributed by atoms with E-state index in [9.17, 15) is 14.0 Å². The minimum Gasteiger partial charge on any atom is -0.381 e. The second-order valence-electron chi connectivity index (χ2n) is 5.45. The highest BCUT2D eigenvalue weighted by Gasteiger charge is 2.56. The molecule has 2 atom stereocenters. The van der Waals surface area contributed by atoms with Gasteiger partial charge in [0, 0.05) is 10.0 Å². The molecule has 2 aromatic carbocycles. The number of hydrogen-bond donors (Lipinski definition) is 0. The van der Waals surface area contributed by atoms with E-state index in [1.54, 1.807) is 30.3 Å². The number of halogens is 2. The summed E-state index contributed by atoms with van der Waals surface area (Å²) in [6.45, 7) is 0. The largest absolute Gasteiger partial charge is 0.381 e. The molecular weight excluding hydrogens is 379 g/mol. The van der Waals surface area contributed by atoms with Crippen molar-refractivity contribution in [2.45, 2.75) is 6.10 Å². The molecule has 0 aliphatic carbocycles. The van der Waals surface area contributed by atoms with E-state index in [0.717, 1.165) is 9.37 Å². The molecule has 0 aromatic heterocycles. The highest BCUT2D eigenvalue weighted by molar-refractivity contribution is 9.10. The molecule has 1 saturated heterocycles. The molecule has 0 N–H and O–H groups in total. The van der Waals surface area contributed by atoms with E-state index in [0.29, 0.717) is 11.3 Å². The lowest BCUT2D eigenvalue weighted by atomic mass is 9.94. The maximum atomic E-state index is 14.0. The topological polar surface area (TPSA) is 59.0 Å². The van der Waals surface area contributed by atoms with Crippen molar-refractivity contribution >= 4 is 39.1 Å². The molecule has 5 nitrogen and oxygen atoms in total. The van der Waals surface area contributed by atoms with Gasteiger partial charge in [-0.25, -0.2) is 9.29 Å². The zero-order valence-electron chi connectivity index (χ0n) is 12.1. The lowest BCUT2D eigenvalue weighted by Gasteiger charge is -2.15. The van der Waals surface area contributed by atoms with Crippen molar-refractivity contribution < 1.29 is 18.8 Å². The smallest absolute Gasteiger partial charge is 0.279 e. The summed E-state index contributed by atoms with van der Waals surface area (Å²) < 4.78 is 14.9. The van der Waals surface area contributed by atoms with Gasteiger partial charge in [-0.2, -0.15) is 0 Å². The standard InChI is InChI=1S/C17H10BrFN2O3/c18-10-7-5-9(6-8-10)14-13-15(24-20-14)17(23)21(16(13)22)12-4-2-1-3-11(12)19/h1-8,13,15H. The highest BCUT2D eigenvalue weighted by Crippen LogP contribution is 2.36. The van der Waals surface area contributed by atoms with Crippen molar-refractivity contribution in [1.29, 1.82) is 0 Å². The fourth-order valence-corrected chi connectivity index (χ4v) is 3.17. The zero-order chi connectivity index (χ0) is 16.8. The Balaban J connectivity index is 1.73. The minimum atomic E-state index is -1.05. The first kappa shape index (κ1) is 15.0. The maximum Gasteiger partial charge on any atom is 0.279 e. The molecule has 24 heavy (non-hydrogen) atoms. The summed E-state index contributed by atoms with van der Waals surface area (Å²) in [6.07, 6.45) is -1.05. The second-order valence-corrected chi connectivity index (χ2v) is 6.37. The van der Waals surface area contributed by atoms with E-state index in [-0.39, 0.29) is 5.69 Å². The van der Waals surface area contributed by atoms with E-state index >= 15 is 0 Å². The van der Waals surface area contributed by atoms with E-state index in [4.69, 9.17) is 4.84 Å². The van der Waals surface area contributed by atoms with Crippen LogP contribution >= 0.6 is 15.9 Å². The van der Waals surface area contributed by atoms with Gasteiger partial charge >= 0.3 is 0 Å². The van der Waals surface area contributed by atoms with Gasteiger partial charge in [-0.3, -0.25) is 9.59 Å². The number of para-hydroxylation sites is 1. The van der Waals surface area contributed by atoms with Gasteiger partial charge in [-0.1, -0.05) is 45.4 Å². The van der Waals surface area contributed by atoms with Gasteiger partial charge in [0.15, 0.2) is 0 Å². The number of rotatable bonds is 2. The van der Waals surface area contributed by atoms with Crippen LogP contribution in [0.15, 0.2) is 58.2 Å². The van der Waals surface area contributed by atoms with Gasteiger partial charge in [-0.15, -0.1) is 0 Å². The Labute approximate surface area is 144 Å². The number of oxime groups is 1. The predicted molar refractivity (Wildman–Crippen MR) is 87.9 cm³/mol. The third-order valence-corrected chi connectivity index (χ3v) is 4.57. The van der Waals surface area contributed by atoms with E-state index < -0.39 is 29.7 Å². The van der Waals surface area contributed by atoms with E-state index in [1.807, 2.05) is 0 Å². The summed E-state index contributed by atoms with van der Waals surface area (Å²) in [5, 5.41) is 3.91. The minimum absolute atomic E-state index is 0.0688. The van der Waals surface area contributed by atoms with Crippen molar-refractivity contribution in [3.05, 3.63) is 64.4 Å². The Kier molecular flexibility index (Phi) is 3.45. The second kappa shape index (κ2) is 5.52. The van der Waals surface area contributed by atoms with Gasteiger partial charge in [0.2, 0.25) is 12.0 Å². The molecule has 2 aliphatic heterocycles. The quantitative estimate of drug-likeness (QED) is 0.743. The summed E-state index contributed by atoms with van der Waals surface area (Å²) >= 11 is 3.34. The fraction of sp³-hybridized carbons (Fsp3) is 0.118. The molecule has 7 heteroatoms. The van der Waals surface area contributed by atoms with Crippen LogP contribution in [0.25, 0.3) is 0 Å². The summed E-state index contributed by atoms with van der Waals surface area (Å²) in [4.78, 5) is 31.3. The van der Waals surface area contributed by atoms with E-state index in [2.05, 4.69) is 21.1 Å². The number of carbonyl (C=O) groups is 2. The van der Waals surface area contributed by atoms with Crippen LogP contribution in [0.5, 0.6) is 0 Å². The highest BCUT2D eigenvalue weighted by atomic mass is 79.9.